The van der Waals surface area contributed by atoms with Crippen molar-refractivity contribution in [2.75, 3.05) is 145 Å². The molecule has 4 aliphatic rings. The molecule has 0 saturated carbocycles. The summed E-state index contributed by atoms with van der Waals surface area (Å²) >= 11 is 0. The van der Waals surface area contributed by atoms with Crippen molar-refractivity contribution in [3.63, 3.8) is 0 Å². The summed E-state index contributed by atoms with van der Waals surface area (Å²) in [5, 5.41) is 35.6. The quantitative estimate of drug-likeness (QED) is 0.0236. The van der Waals surface area contributed by atoms with Gasteiger partial charge in [0.05, 0.1) is 167 Å². The van der Waals surface area contributed by atoms with Gasteiger partial charge in [0.1, 0.15) is 18.5 Å². The van der Waals surface area contributed by atoms with Gasteiger partial charge in [-0.3, -0.25) is 24.1 Å². The van der Waals surface area contributed by atoms with Gasteiger partial charge in [0.25, 0.3) is 5.56 Å². The lowest BCUT2D eigenvalue weighted by Crippen LogP contribution is -2.44. The fraction of sp³-hybridized carbons (Fsp3) is 0.656. The molecule has 3 aromatic rings. The van der Waals surface area contributed by atoms with Gasteiger partial charge < -0.3 is 82.6 Å². The number of allylic oxidation sites excluding steroid dienone is 1. The molecule has 0 saturated heterocycles. The van der Waals surface area contributed by atoms with Crippen molar-refractivity contribution in [3.8, 4) is 11.4 Å². The molecule has 4 heterocycles. The largest absolute Gasteiger partial charge is 0.481 e. The zero-order valence-electron chi connectivity index (χ0n) is 50.3. The van der Waals surface area contributed by atoms with E-state index in [1.165, 1.54) is 10.6 Å². The summed E-state index contributed by atoms with van der Waals surface area (Å²) in [6.07, 6.45) is 5.23. The second-order valence-corrected chi connectivity index (χ2v) is 22.0. The van der Waals surface area contributed by atoms with Crippen LogP contribution in [0.5, 0.6) is 0 Å². The van der Waals surface area contributed by atoms with Crippen LogP contribution in [0.3, 0.4) is 0 Å². The third kappa shape index (κ3) is 19.5. The van der Waals surface area contributed by atoms with Crippen LogP contribution in [0.4, 0.5) is 9.18 Å². The Kier molecular flexibility index (Phi) is 27.3. The van der Waals surface area contributed by atoms with Crippen molar-refractivity contribution in [1.29, 1.82) is 0 Å². The van der Waals surface area contributed by atoms with Crippen LogP contribution >= 0.6 is 0 Å². The van der Waals surface area contributed by atoms with Crippen molar-refractivity contribution < 1.29 is 95.8 Å². The number of carbonyl (C=O) groups excluding carboxylic acids is 3. The number of fused-ring (bicyclic) bond motifs is 5. The number of halogens is 1. The number of ether oxygens (including phenoxy) is 11. The van der Waals surface area contributed by atoms with Gasteiger partial charge in [-0.15, -0.1) is 0 Å². The van der Waals surface area contributed by atoms with Gasteiger partial charge in [-0.25, -0.2) is 19.0 Å². The average molecular weight is 1230 g/mol. The van der Waals surface area contributed by atoms with Crippen molar-refractivity contribution in [2.24, 2.45) is 5.41 Å². The third-order valence-electron chi connectivity index (χ3n) is 16.0. The van der Waals surface area contributed by atoms with E-state index < -0.39 is 58.5 Å². The molecule has 2 aromatic heterocycles. The molecule has 87 heavy (non-hydrogen) atoms. The number of amides is 2. The first-order chi connectivity index (χ1) is 42.0. The van der Waals surface area contributed by atoms with E-state index in [0.29, 0.717) is 203 Å². The number of carbonyl (C=O) groups is 5. The van der Waals surface area contributed by atoms with Crippen LogP contribution in [-0.4, -0.2) is 211 Å². The van der Waals surface area contributed by atoms with Crippen molar-refractivity contribution in [1.82, 2.24) is 25.1 Å². The molecule has 0 fully saturated rings. The van der Waals surface area contributed by atoms with Crippen LogP contribution < -0.4 is 16.2 Å². The molecule has 0 unspecified atom stereocenters. The summed E-state index contributed by atoms with van der Waals surface area (Å²) in [6.45, 7) is 13.4. The lowest BCUT2D eigenvalue weighted by molar-refractivity contribution is -0.172. The van der Waals surface area contributed by atoms with Crippen LogP contribution in [0, 0.1) is 18.2 Å². The monoisotopic (exact) mass is 1230 g/mol. The first kappa shape index (κ1) is 68.5. The minimum atomic E-state index is -2.03. The zero-order valence-corrected chi connectivity index (χ0v) is 50.3. The summed E-state index contributed by atoms with van der Waals surface area (Å²) in [4.78, 5) is 82.7. The van der Waals surface area contributed by atoms with Gasteiger partial charge in [0, 0.05) is 54.2 Å². The molecule has 5 N–H and O–H groups in total. The van der Waals surface area contributed by atoms with E-state index in [4.69, 9.17) is 67.3 Å². The number of carboxylic acids is 2. The maximum Gasteiger partial charge on any atom is 0.408 e. The molecule has 2 aliphatic carbocycles. The standard InChI is InChI=1S/C61H86FN5O20/c1-4-61(76)46-37-50-55-44(39-67(50)56(72)45(46)40-86-58(61)74)54-48(9-8-43-41(2)47(62)38-49(64-55)53(43)54)65-59(75)87-42-7-5-6-13-60(3,14-10-42)57(73)63-15-21-79-27-33-85-36-30-82-24-18-66(16-22-80-28-34-83-31-25-77-19-11-51(68)69)17-23-81-29-35-84-32-26-78-20-12-52(70)71/h5,7,37-38,42,48,76H,4,6,8-36,39-40H2,1-3H3,(H,63,73)(H,65,75)(H,68,69)(H,70,71)/b7-5+/t42-,48-,60+,61-/m0/s1. The Morgan fingerprint density at radius 1 is 0.747 bits per heavy atom. The van der Waals surface area contributed by atoms with E-state index in [-0.39, 0.29) is 69.3 Å². The molecule has 0 radical (unpaired) electrons. The van der Waals surface area contributed by atoms with Crippen LogP contribution in [0.15, 0.2) is 29.1 Å². The number of esters is 1. The van der Waals surface area contributed by atoms with E-state index in [1.807, 2.05) is 19.1 Å². The zero-order chi connectivity index (χ0) is 62.2. The SMILES string of the molecule is CC[C@@]1(O)C(=O)OCc2c1cc1n(c2=O)Cc2c-1nc1cc(F)c(C)c3c1c2[C@@H](NC(=O)O[C@H]1/C=C/CC[C@@](C)(C(=O)NCCOCCOCCOCCN(CCOCCOCCOCCC(=O)O)CCOCCOCCOCCC(=O)O)CC1)CC3. The number of hydrogen-bond donors (Lipinski definition) is 5. The molecule has 2 amide bonds. The molecule has 4 atom stereocenters. The maximum absolute atomic E-state index is 15.5. The number of carboxylic acid groups (broad SMARTS) is 2. The van der Waals surface area contributed by atoms with Crippen molar-refractivity contribution in [3.05, 3.63) is 73.8 Å². The Morgan fingerprint density at radius 3 is 1.86 bits per heavy atom. The Hall–Kier alpha value is -6.04. The normalized spacial score (nSPS) is 19.9. The van der Waals surface area contributed by atoms with Crippen molar-refractivity contribution >= 4 is 40.8 Å². The number of rotatable bonds is 40. The fourth-order valence-electron chi connectivity index (χ4n) is 11.0. The van der Waals surface area contributed by atoms with Crippen LogP contribution in [-0.2, 0) is 96.5 Å². The fourth-order valence-corrected chi connectivity index (χ4v) is 11.0. The summed E-state index contributed by atoms with van der Waals surface area (Å²) in [5.74, 6) is -3.22. The molecule has 7 rings (SSSR count). The number of aryl methyl sites for hydroxylation is 1. The van der Waals surface area contributed by atoms with E-state index in [9.17, 15) is 33.9 Å². The first-order valence-corrected chi connectivity index (χ1v) is 30.1. The van der Waals surface area contributed by atoms with Gasteiger partial charge in [-0.2, -0.15) is 0 Å². The molecular formula is C61H86FN5O20. The lowest BCUT2D eigenvalue weighted by atomic mass is 9.78. The Labute approximate surface area is 505 Å². The number of nitrogens with zero attached hydrogens (tertiary/aromatic N) is 3. The number of aliphatic hydroxyl groups is 1. The molecule has 1 aromatic carbocycles. The predicted octanol–water partition coefficient (Wildman–Crippen LogP) is 4.26. The predicted molar refractivity (Wildman–Crippen MR) is 311 cm³/mol. The van der Waals surface area contributed by atoms with Gasteiger partial charge in [0.15, 0.2) is 5.60 Å². The molecule has 482 valence electrons. The van der Waals surface area contributed by atoms with Crippen LogP contribution in [0.1, 0.15) is 105 Å². The number of aliphatic carboxylic acids is 2. The van der Waals surface area contributed by atoms with E-state index in [1.54, 1.807) is 19.9 Å². The molecular weight excluding hydrogens is 1140 g/mol. The number of aromatic nitrogens is 2. The van der Waals surface area contributed by atoms with Gasteiger partial charge in [0.2, 0.25) is 5.91 Å². The second kappa shape index (κ2) is 34.6. The molecule has 25 nitrogen and oxygen atoms in total. The number of alkyl carbamates (subject to hydrolysis) is 1. The molecule has 2 aliphatic heterocycles. The minimum absolute atomic E-state index is 0.0222. The molecule has 26 heteroatoms. The smallest absolute Gasteiger partial charge is 0.408 e. The minimum Gasteiger partial charge on any atom is -0.481 e. The highest BCUT2D eigenvalue weighted by Crippen LogP contribution is 2.46. The second-order valence-electron chi connectivity index (χ2n) is 22.0. The van der Waals surface area contributed by atoms with E-state index in [0.717, 1.165) is 5.56 Å². The summed E-state index contributed by atoms with van der Waals surface area (Å²) in [7, 11) is 0. The van der Waals surface area contributed by atoms with E-state index >= 15 is 4.39 Å². The lowest BCUT2D eigenvalue weighted by Gasteiger charge is -2.32. The van der Waals surface area contributed by atoms with Crippen LogP contribution in [0.25, 0.3) is 22.3 Å². The van der Waals surface area contributed by atoms with Gasteiger partial charge in [-0.1, -0.05) is 19.9 Å². The van der Waals surface area contributed by atoms with Crippen molar-refractivity contribution in [2.45, 2.75) is 109 Å². The maximum atomic E-state index is 15.5. The van der Waals surface area contributed by atoms with Gasteiger partial charge in [-0.05, 0) is 80.7 Å². The first-order valence-electron chi connectivity index (χ1n) is 30.1. The highest BCUT2D eigenvalue weighted by molar-refractivity contribution is 5.94. The molecule has 0 spiro atoms. The number of nitrogens with one attached hydrogen (secondary N) is 2. The Bertz CT molecular complexity index is 2850. The van der Waals surface area contributed by atoms with Gasteiger partial charge >= 0.3 is 24.0 Å². The summed E-state index contributed by atoms with van der Waals surface area (Å²) in [5.41, 5.74) is 0.901. The van der Waals surface area contributed by atoms with Crippen LogP contribution in [0.2, 0.25) is 0 Å². The number of hydrogen-bond acceptors (Lipinski definition) is 20. The summed E-state index contributed by atoms with van der Waals surface area (Å²) < 4.78 is 78.5. The highest BCUT2D eigenvalue weighted by atomic mass is 19.1. The number of cyclic esters (lactones) is 1. The number of pyridine rings is 2. The van der Waals surface area contributed by atoms with E-state index in [2.05, 4.69) is 15.5 Å². The number of benzene rings is 1. The Morgan fingerprint density at radius 2 is 1.30 bits per heavy atom. The topological polar surface area (TPSA) is 310 Å². The Balaban J connectivity index is 0.787. The average Bonchev–Trinajstić information content (AvgIpc) is 1.64. The summed E-state index contributed by atoms with van der Waals surface area (Å²) in [6, 6.07) is 2.38. The highest BCUT2D eigenvalue weighted by Gasteiger charge is 2.46. The molecule has 0 bridgehead atoms. The third-order valence-corrected chi connectivity index (χ3v) is 16.0.